The highest BCUT2D eigenvalue weighted by atomic mass is 16.5. The molecule has 0 fully saturated rings. The van der Waals surface area contributed by atoms with Gasteiger partial charge in [-0.3, -0.25) is 0 Å². The summed E-state index contributed by atoms with van der Waals surface area (Å²) in [4.78, 5) is 0. The highest BCUT2D eigenvalue weighted by Crippen LogP contribution is 2.74. The van der Waals surface area contributed by atoms with Crippen molar-refractivity contribution in [3.05, 3.63) is 0 Å². The number of hydrogen-bond acceptors (Lipinski definition) is 1. The molecule has 2 unspecified atom stereocenters. The number of unbranched alkanes of at least 4 members (excludes halogenated alkanes) is 6. The molecule has 0 bridgehead atoms. The van der Waals surface area contributed by atoms with Gasteiger partial charge in [-0.25, -0.2) is 0 Å². The van der Waals surface area contributed by atoms with Gasteiger partial charge >= 0.3 is 0 Å². The van der Waals surface area contributed by atoms with Gasteiger partial charge in [-0.1, -0.05) is 203 Å². The van der Waals surface area contributed by atoms with E-state index in [1.165, 1.54) is 154 Å². The second kappa shape index (κ2) is 27.3. The topological polar surface area (TPSA) is 9.23 Å². The van der Waals surface area contributed by atoms with Gasteiger partial charge in [-0.05, 0) is 149 Å². The largest absolute Gasteiger partial charge is 0.367 e. The zero-order chi connectivity index (χ0) is 45.7. The SMILES string of the molecule is CCCCCCC(CC)C(CC)(CC)C(CC)(CC)C(CC)(CC)C(CC)(CC)OC(CC)(CC)C(CC)(CC)C(CC)(CC)C(CC)(CC)C(CC)CCCCCC. The Morgan fingerprint density at radius 3 is 0.695 bits per heavy atom. The number of rotatable bonds is 38. The number of hydrogen-bond donors (Lipinski definition) is 0. The van der Waals surface area contributed by atoms with E-state index < -0.39 is 0 Å². The Hall–Kier alpha value is -0.0400. The molecule has 0 aliphatic carbocycles. The average molecular weight is 832 g/mol. The van der Waals surface area contributed by atoms with Gasteiger partial charge in [0.25, 0.3) is 0 Å². The monoisotopic (exact) mass is 831 g/mol. The molecule has 0 amide bonds. The van der Waals surface area contributed by atoms with Crippen LogP contribution in [0.25, 0.3) is 0 Å². The minimum Gasteiger partial charge on any atom is -0.367 e. The van der Waals surface area contributed by atoms with Gasteiger partial charge < -0.3 is 4.74 Å². The molecule has 0 saturated heterocycles. The predicted molar refractivity (Wildman–Crippen MR) is 271 cm³/mol. The first-order chi connectivity index (χ1) is 28.2. The molecule has 1 nitrogen and oxygen atoms in total. The van der Waals surface area contributed by atoms with Gasteiger partial charge in [0, 0.05) is 10.8 Å². The third-order valence-electron chi connectivity index (χ3n) is 20.9. The second-order valence-corrected chi connectivity index (χ2v) is 20.3. The Kier molecular flexibility index (Phi) is 27.3. The summed E-state index contributed by atoms with van der Waals surface area (Å²) in [7, 11) is 0. The molecule has 0 radical (unpaired) electrons. The van der Waals surface area contributed by atoms with E-state index in [9.17, 15) is 0 Å². The molecule has 0 aliphatic rings. The van der Waals surface area contributed by atoms with Gasteiger partial charge in [0.2, 0.25) is 0 Å². The lowest BCUT2D eigenvalue weighted by Gasteiger charge is -2.72. The summed E-state index contributed by atoms with van der Waals surface area (Å²) in [6, 6.07) is 0. The first kappa shape index (κ1) is 59.0. The number of ether oxygens (including phenoxy) is 1. The Morgan fingerprint density at radius 1 is 0.271 bits per heavy atom. The normalized spacial score (nSPS) is 15.3. The fraction of sp³-hybridized carbons (Fsp3) is 1.00. The van der Waals surface area contributed by atoms with Crippen molar-refractivity contribution >= 4 is 0 Å². The summed E-state index contributed by atoms with van der Waals surface area (Å²) in [5.74, 6) is 1.49. The van der Waals surface area contributed by atoms with Crippen LogP contribution >= 0.6 is 0 Å². The van der Waals surface area contributed by atoms with Gasteiger partial charge in [-0.2, -0.15) is 0 Å². The fourth-order valence-corrected chi connectivity index (χ4v) is 18.1. The highest BCUT2D eigenvalue weighted by Gasteiger charge is 2.71. The maximum atomic E-state index is 8.96. The Morgan fingerprint density at radius 2 is 0.525 bits per heavy atom. The minimum atomic E-state index is -0.223. The molecule has 2 atom stereocenters. The Labute approximate surface area is 377 Å². The van der Waals surface area contributed by atoms with Crippen molar-refractivity contribution in [2.75, 3.05) is 0 Å². The van der Waals surface area contributed by atoms with E-state index in [0.717, 1.165) is 37.5 Å². The van der Waals surface area contributed by atoms with E-state index in [2.05, 4.69) is 138 Å². The Balaban J connectivity index is 8.78. The molecule has 0 aromatic carbocycles. The lowest BCUT2D eigenvalue weighted by Crippen LogP contribution is -2.70. The Bertz CT molecular complexity index is 936. The quantitative estimate of drug-likeness (QED) is 0.0563. The lowest BCUT2D eigenvalue weighted by atomic mass is 9.37. The molecular formula is C58H118O. The van der Waals surface area contributed by atoms with Gasteiger partial charge in [-0.15, -0.1) is 0 Å². The van der Waals surface area contributed by atoms with Crippen LogP contribution in [0.1, 0.15) is 318 Å². The molecule has 1 heteroatoms. The third kappa shape index (κ3) is 9.82. The smallest absolute Gasteiger partial charge is 0.0746 e. The molecular weight excluding hydrogens is 713 g/mol. The second-order valence-electron chi connectivity index (χ2n) is 20.3. The van der Waals surface area contributed by atoms with Crippen molar-refractivity contribution in [1.29, 1.82) is 0 Å². The van der Waals surface area contributed by atoms with Crippen LogP contribution < -0.4 is 0 Å². The summed E-state index contributed by atoms with van der Waals surface area (Å²) >= 11 is 0. The molecule has 0 saturated carbocycles. The average Bonchev–Trinajstić information content (AvgIpc) is 3.29. The van der Waals surface area contributed by atoms with E-state index in [4.69, 9.17) is 4.74 Å². The van der Waals surface area contributed by atoms with Crippen LogP contribution in [0.5, 0.6) is 0 Å². The van der Waals surface area contributed by atoms with E-state index in [1.54, 1.807) is 0 Å². The summed E-state index contributed by atoms with van der Waals surface area (Å²) < 4.78 is 8.96. The van der Waals surface area contributed by atoms with Gasteiger partial charge in [0.1, 0.15) is 0 Å². The third-order valence-corrected chi connectivity index (χ3v) is 20.9. The van der Waals surface area contributed by atoms with E-state index in [1.807, 2.05) is 0 Å². The van der Waals surface area contributed by atoms with Crippen LogP contribution in [-0.4, -0.2) is 11.2 Å². The van der Waals surface area contributed by atoms with Crippen molar-refractivity contribution in [2.24, 2.45) is 44.3 Å². The molecule has 356 valence electrons. The highest BCUT2D eigenvalue weighted by molar-refractivity contribution is 5.19. The van der Waals surface area contributed by atoms with Crippen LogP contribution in [0.2, 0.25) is 0 Å². The van der Waals surface area contributed by atoms with Crippen LogP contribution in [0.3, 0.4) is 0 Å². The van der Waals surface area contributed by atoms with Crippen LogP contribution in [0, 0.1) is 44.3 Å². The maximum Gasteiger partial charge on any atom is 0.0746 e. The molecule has 0 spiro atoms. The van der Waals surface area contributed by atoms with Gasteiger partial charge in [0.15, 0.2) is 0 Å². The molecule has 0 aromatic rings. The van der Waals surface area contributed by atoms with Crippen molar-refractivity contribution in [2.45, 2.75) is 329 Å². The van der Waals surface area contributed by atoms with Gasteiger partial charge in [0.05, 0.1) is 11.2 Å². The molecule has 0 N–H and O–H groups in total. The standard InChI is InChI=1S/C58H118O/c1-21-41-43-45-47-49(23-3)51(25-5,26-6)53(29-9,30-10)55(33-13,34-14)57(37-17,38-18)59-58(39-19,40-20)56(35-15,36-16)54(31-11,32-12)52(27-7,28-8)50(24-4)48-46-44-42-22-2/h49-50H,21-48H2,1-20H3. The molecule has 0 heterocycles. The van der Waals surface area contributed by atoms with Crippen molar-refractivity contribution in [3.8, 4) is 0 Å². The molecule has 0 rings (SSSR count). The van der Waals surface area contributed by atoms with E-state index in [0.29, 0.717) is 0 Å². The van der Waals surface area contributed by atoms with E-state index >= 15 is 0 Å². The molecule has 0 aromatic heterocycles. The van der Waals surface area contributed by atoms with Crippen molar-refractivity contribution in [1.82, 2.24) is 0 Å². The summed E-state index contributed by atoms with van der Waals surface area (Å²) in [5, 5.41) is 0. The van der Waals surface area contributed by atoms with Crippen molar-refractivity contribution < 1.29 is 4.74 Å². The molecule has 59 heavy (non-hydrogen) atoms. The molecule has 0 aliphatic heterocycles. The summed E-state index contributed by atoms with van der Waals surface area (Å²) in [5.41, 5.74) is 0.561. The predicted octanol–water partition coefficient (Wildman–Crippen LogP) is 21.0. The van der Waals surface area contributed by atoms with E-state index in [-0.39, 0.29) is 43.7 Å². The first-order valence-electron chi connectivity index (χ1n) is 27.9. The summed E-state index contributed by atoms with van der Waals surface area (Å²) in [6.07, 6.45) is 35.7. The van der Waals surface area contributed by atoms with Crippen molar-refractivity contribution in [3.63, 3.8) is 0 Å². The minimum absolute atomic E-state index is 0.0532. The fourth-order valence-electron chi connectivity index (χ4n) is 18.1. The zero-order valence-corrected chi connectivity index (χ0v) is 45.4. The summed E-state index contributed by atoms with van der Waals surface area (Å²) in [6.45, 7) is 51.5. The zero-order valence-electron chi connectivity index (χ0n) is 45.4. The maximum absolute atomic E-state index is 8.96. The van der Waals surface area contributed by atoms with Crippen LogP contribution in [0.15, 0.2) is 0 Å². The van der Waals surface area contributed by atoms with Crippen LogP contribution in [0.4, 0.5) is 0 Å². The first-order valence-corrected chi connectivity index (χ1v) is 27.9. The van der Waals surface area contributed by atoms with Crippen LogP contribution in [-0.2, 0) is 4.74 Å². The lowest BCUT2D eigenvalue weighted by molar-refractivity contribution is -0.332.